The summed E-state index contributed by atoms with van der Waals surface area (Å²) in [6.07, 6.45) is -0.601. The second-order valence-corrected chi connectivity index (χ2v) is 3.41. The highest BCUT2D eigenvalue weighted by Crippen LogP contribution is 2.02. The van der Waals surface area contributed by atoms with Crippen LogP contribution in [0.4, 0.5) is 0 Å². The molecule has 0 aromatic carbocycles. The van der Waals surface area contributed by atoms with Gasteiger partial charge in [0.2, 0.25) is 5.91 Å². The SMILES string of the molecule is CCC(CN)C(=O)N[C@H](C(=O)O)[C@@H](C)O. The maximum atomic E-state index is 11.5. The number of nitrogens with two attached hydrogens (primary N) is 1. The molecule has 5 N–H and O–H groups in total. The molecule has 0 aliphatic heterocycles. The molecule has 88 valence electrons. The summed E-state index contributed by atoms with van der Waals surface area (Å²) < 4.78 is 0. The number of aliphatic hydroxyl groups is 1. The molecule has 0 aromatic rings. The number of hydrogen-bond acceptors (Lipinski definition) is 4. The number of carboxylic acid groups (broad SMARTS) is 1. The fourth-order valence-electron chi connectivity index (χ4n) is 1.12. The van der Waals surface area contributed by atoms with Gasteiger partial charge in [0, 0.05) is 12.5 Å². The smallest absolute Gasteiger partial charge is 0.328 e. The number of carbonyl (C=O) groups is 2. The lowest BCUT2D eigenvalue weighted by Gasteiger charge is -2.20. The molecule has 1 unspecified atom stereocenters. The minimum absolute atomic E-state index is 0.161. The lowest BCUT2D eigenvalue weighted by atomic mass is 10.0. The topological polar surface area (TPSA) is 113 Å². The molecule has 0 aliphatic rings. The van der Waals surface area contributed by atoms with Crippen LogP contribution >= 0.6 is 0 Å². The van der Waals surface area contributed by atoms with E-state index in [9.17, 15) is 9.59 Å². The van der Waals surface area contributed by atoms with Crippen LogP contribution < -0.4 is 11.1 Å². The van der Waals surface area contributed by atoms with Gasteiger partial charge in [-0.1, -0.05) is 6.92 Å². The van der Waals surface area contributed by atoms with Crippen LogP contribution in [0.25, 0.3) is 0 Å². The molecule has 0 aromatic heterocycles. The van der Waals surface area contributed by atoms with Crippen molar-refractivity contribution in [3.63, 3.8) is 0 Å². The zero-order chi connectivity index (χ0) is 12.0. The van der Waals surface area contributed by atoms with Crippen LogP contribution in [0.15, 0.2) is 0 Å². The van der Waals surface area contributed by atoms with Crippen LogP contribution in [0.3, 0.4) is 0 Å². The lowest BCUT2D eigenvalue weighted by molar-refractivity contribution is -0.145. The molecule has 6 heteroatoms. The quantitative estimate of drug-likeness (QED) is 0.453. The summed E-state index contributed by atoms with van der Waals surface area (Å²) in [4.78, 5) is 22.1. The predicted octanol–water partition coefficient (Wildman–Crippen LogP) is -1.08. The fraction of sp³-hybridized carbons (Fsp3) is 0.778. The zero-order valence-corrected chi connectivity index (χ0v) is 8.93. The number of aliphatic carboxylic acids is 1. The van der Waals surface area contributed by atoms with Gasteiger partial charge < -0.3 is 21.3 Å². The average molecular weight is 218 g/mol. The molecule has 0 rings (SSSR count). The zero-order valence-electron chi connectivity index (χ0n) is 8.93. The van der Waals surface area contributed by atoms with Crippen molar-refractivity contribution in [3.8, 4) is 0 Å². The minimum atomic E-state index is -1.28. The number of carboxylic acids is 1. The van der Waals surface area contributed by atoms with E-state index in [1.54, 1.807) is 6.92 Å². The van der Waals surface area contributed by atoms with Crippen molar-refractivity contribution in [2.45, 2.75) is 32.4 Å². The van der Waals surface area contributed by atoms with Gasteiger partial charge in [0.05, 0.1) is 6.10 Å². The molecular formula is C9H18N2O4. The predicted molar refractivity (Wildman–Crippen MR) is 54.1 cm³/mol. The van der Waals surface area contributed by atoms with E-state index in [-0.39, 0.29) is 6.54 Å². The Kier molecular flexibility index (Phi) is 5.88. The van der Waals surface area contributed by atoms with Crippen molar-refractivity contribution in [2.24, 2.45) is 11.7 Å². The second-order valence-electron chi connectivity index (χ2n) is 3.41. The Morgan fingerprint density at radius 1 is 1.47 bits per heavy atom. The monoisotopic (exact) mass is 218 g/mol. The summed E-state index contributed by atoms with van der Waals surface area (Å²) in [6, 6.07) is -1.28. The molecule has 0 aliphatic carbocycles. The third-order valence-corrected chi connectivity index (χ3v) is 2.19. The first kappa shape index (κ1) is 13.9. The Morgan fingerprint density at radius 2 is 2.00 bits per heavy atom. The Bertz CT molecular complexity index is 226. The van der Waals surface area contributed by atoms with Gasteiger partial charge in [0.1, 0.15) is 0 Å². The Labute approximate surface area is 88.5 Å². The molecule has 0 heterocycles. The van der Waals surface area contributed by atoms with Gasteiger partial charge >= 0.3 is 5.97 Å². The Balaban J connectivity index is 4.41. The van der Waals surface area contributed by atoms with Crippen LogP contribution in [-0.4, -0.2) is 40.8 Å². The maximum Gasteiger partial charge on any atom is 0.328 e. The average Bonchev–Trinajstić information content (AvgIpc) is 2.15. The molecule has 0 saturated carbocycles. The van der Waals surface area contributed by atoms with Gasteiger partial charge in [-0.05, 0) is 13.3 Å². The van der Waals surface area contributed by atoms with Gasteiger partial charge in [-0.15, -0.1) is 0 Å². The number of aliphatic hydroxyl groups excluding tert-OH is 1. The molecule has 6 nitrogen and oxygen atoms in total. The highest BCUT2D eigenvalue weighted by atomic mass is 16.4. The van der Waals surface area contributed by atoms with Crippen molar-refractivity contribution in [1.29, 1.82) is 0 Å². The summed E-state index contributed by atoms with van der Waals surface area (Å²) >= 11 is 0. The molecule has 1 amide bonds. The highest BCUT2D eigenvalue weighted by molar-refractivity contribution is 5.85. The number of rotatable bonds is 6. The molecule has 3 atom stereocenters. The summed E-state index contributed by atoms with van der Waals surface area (Å²) in [6.45, 7) is 3.26. The Hall–Kier alpha value is -1.14. The van der Waals surface area contributed by atoms with Gasteiger partial charge in [0.25, 0.3) is 0 Å². The van der Waals surface area contributed by atoms with Crippen molar-refractivity contribution >= 4 is 11.9 Å². The number of amides is 1. The highest BCUT2D eigenvalue weighted by Gasteiger charge is 2.27. The number of nitrogens with one attached hydrogen (secondary N) is 1. The van der Waals surface area contributed by atoms with Crippen LogP contribution in [0.1, 0.15) is 20.3 Å². The normalized spacial score (nSPS) is 16.5. The van der Waals surface area contributed by atoms with E-state index in [1.807, 2.05) is 0 Å². The first-order chi connectivity index (χ1) is 6.93. The van der Waals surface area contributed by atoms with E-state index in [0.29, 0.717) is 6.42 Å². The summed E-state index contributed by atoms with van der Waals surface area (Å²) in [5, 5.41) is 20.1. The second kappa shape index (κ2) is 6.36. The van der Waals surface area contributed by atoms with Gasteiger partial charge in [-0.3, -0.25) is 4.79 Å². The first-order valence-electron chi connectivity index (χ1n) is 4.85. The van der Waals surface area contributed by atoms with Crippen LogP contribution in [-0.2, 0) is 9.59 Å². The van der Waals surface area contributed by atoms with Gasteiger partial charge in [-0.2, -0.15) is 0 Å². The number of carbonyl (C=O) groups excluding carboxylic acids is 1. The van der Waals surface area contributed by atoms with Crippen LogP contribution in [0, 0.1) is 5.92 Å². The van der Waals surface area contributed by atoms with Crippen molar-refractivity contribution < 1.29 is 19.8 Å². The van der Waals surface area contributed by atoms with Crippen molar-refractivity contribution in [2.75, 3.05) is 6.54 Å². The number of hydrogen-bond donors (Lipinski definition) is 4. The molecule has 0 bridgehead atoms. The molecule has 15 heavy (non-hydrogen) atoms. The molecule has 0 saturated heterocycles. The molecule has 0 radical (unpaired) electrons. The van der Waals surface area contributed by atoms with E-state index in [0.717, 1.165) is 0 Å². The van der Waals surface area contributed by atoms with E-state index < -0.39 is 29.9 Å². The third-order valence-electron chi connectivity index (χ3n) is 2.19. The van der Waals surface area contributed by atoms with Crippen LogP contribution in [0.5, 0.6) is 0 Å². The molecule has 0 spiro atoms. The summed E-state index contributed by atoms with van der Waals surface area (Å²) in [5.41, 5.74) is 5.34. The maximum absolute atomic E-state index is 11.5. The van der Waals surface area contributed by atoms with E-state index in [1.165, 1.54) is 6.92 Å². The van der Waals surface area contributed by atoms with E-state index in [4.69, 9.17) is 15.9 Å². The van der Waals surface area contributed by atoms with Gasteiger partial charge in [0.15, 0.2) is 6.04 Å². The first-order valence-corrected chi connectivity index (χ1v) is 4.85. The lowest BCUT2D eigenvalue weighted by Crippen LogP contribution is -2.50. The van der Waals surface area contributed by atoms with Gasteiger partial charge in [-0.25, -0.2) is 4.79 Å². The summed E-state index contributed by atoms with van der Waals surface area (Å²) in [7, 11) is 0. The van der Waals surface area contributed by atoms with E-state index >= 15 is 0 Å². The standard InChI is InChI=1S/C9H18N2O4/c1-3-6(4-10)8(13)11-7(5(2)12)9(14)15/h5-7,12H,3-4,10H2,1-2H3,(H,11,13)(H,14,15)/t5-,6?,7+/m1/s1. The fourth-order valence-corrected chi connectivity index (χ4v) is 1.12. The third kappa shape index (κ3) is 4.26. The van der Waals surface area contributed by atoms with Crippen molar-refractivity contribution in [1.82, 2.24) is 5.32 Å². The molecule has 0 fully saturated rings. The van der Waals surface area contributed by atoms with Crippen molar-refractivity contribution in [3.05, 3.63) is 0 Å². The minimum Gasteiger partial charge on any atom is -0.480 e. The summed E-state index contributed by atoms with van der Waals surface area (Å²) in [5.74, 6) is -2.11. The molecular weight excluding hydrogens is 200 g/mol. The van der Waals surface area contributed by atoms with Crippen LogP contribution in [0.2, 0.25) is 0 Å². The Morgan fingerprint density at radius 3 is 2.27 bits per heavy atom. The largest absolute Gasteiger partial charge is 0.480 e. The van der Waals surface area contributed by atoms with E-state index in [2.05, 4.69) is 5.32 Å².